The zero-order chi connectivity index (χ0) is 14.6. The Kier molecular flexibility index (Phi) is 5.03. The van der Waals surface area contributed by atoms with Crippen LogP contribution in [0.3, 0.4) is 0 Å². The summed E-state index contributed by atoms with van der Waals surface area (Å²) >= 11 is 0. The molecular formula is C13H25N3O3. The number of piperidine rings is 1. The molecule has 0 unspecified atom stereocenters. The molecule has 0 aromatic heterocycles. The highest BCUT2D eigenvalue weighted by molar-refractivity contribution is 5.74. The number of amides is 3. The van der Waals surface area contributed by atoms with Crippen molar-refractivity contribution in [3.8, 4) is 0 Å². The Hall–Kier alpha value is -1.46. The Morgan fingerprint density at radius 3 is 2.47 bits per heavy atom. The van der Waals surface area contributed by atoms with Gasteiger partial charge >= 0.3 is 12.1 Å². The minimum atomic E-state index is -0.489. The van der Waals surface area contributed by atoms with Gasteiger partial charge in [0.15, 0.2) is 0 Å². The molecule has 0 aromatic carbocycles. The molecule has 1 aliphatic heterocycles. The first-order valence-electron chi connectivity index (χ1n) is 6.65. The van der Waals surface area contributed by atoms with Crippen LogP contribution < -0.4 is 5.32 Å². The SMILES string of the molecule is CN(C)C(=O)N[C@H]1CCCN(C(=O)OC(C)(C)C)C1. The lowest BCUT2D eigenvalue weighted by molar-refractivity contribution is 0.0189. The standard InChI is InChI=1S/C13H25N3O3/c1-13(2,3)19-12(18)16-8-6-7-10(9-16)14-11(17)15(4)5/h10H,6-9H2,1-5H3,(H,14,17)/t10-/m0/s1. The van der Waals surface area contributed by atoms with Crippen LogP contribution in [0.5, 0.6) is 0 Å². The van der Waals surface area contributed by atoms with Crippen LogP contribution in [0.2, 0.25) is 0 Å². The van der Waals surface area contributed by atoms with Gasteiger partial charge in [0, 0.05) is 33.2 Å². The van der Waals surface area contributed by atoms with Crippen LogP contribution in [-0.4, -0.2) is 60.8 Å². The number of ether oxygens (including phenoxy) is 1. The van der Waals surface area contributed by atoms with Crippen LogP contribution in [0.25, 0.3) is 0 Å². The number of likely N-dealkylation sites (tertiary alicyclic amines) is 1. The third-order valence-corrected chi connectivity index (χ3v) is 2.81. The number of nitrogens with zero attached hydrogens (tertiary/aromatic N) is 2. The van der Waals surface area contributed by atoms with E-state index in [2.05, 4.69) is 5.32 Å². The highest BCUT2D eigenvalue weighted by atomic mass is 16.6. The largest absolute Gasteiger partial charge is 0.444 e. The van der Waals surface area contributed by atoms with Gasteiger partial charge in [-0.3, -0.25) is 0 Å². The molecule has 1 saturated heterocycles. The highest BCUT2D eigenvalue weighted by Gasteiger charge is 2.28. The zero-order valence-corrected chi connectivity index (χ0v) is 12.5. The normalized spacial score (nSPS) is 19.8. The van der Waals surface area contributed by atoms with Gasteiger partial charge in [-0.05, 0) is 33.6 Å². The van der Waals surface area contributed by atoms with Gasteiger partial charge in [0.05, 0.1) is 0 Å². The molecule has 19 heavy (non-hydrogen) atoms. The van der Waals surface area contributed by atoms with Gasteiger partial charge in [0.2, 0.25) is 0 Å². The molecule has 1 aliphatic rings. The number of urea groups is 1. The monoisotopic (exact) mass is 271 g/mol. The fourth-order valence-electron chi connectivity index (χ4n) is 1.89. The summed E-state index contributed by atoms with van der Waals surface area (Å²) in [6.45, 7) is 6.73. The second kappa shape index (κ2) is 6.12. The lowest BCUT2D eigenvalue weighted by atomic mass is 10.1. The molecule has 0 radical (unpaired) electrons. The summed E-state index contributed by atoms with van der Waals surface area (Å²) in [5, 5.41) is 2.90. The average molecular weight is 271 g/mol. The molecule has 1 heterocycles. The Morgan fingerprint density at radius 2 is 1.95 bits per heavy atom. The Balaban J connectivity index is 2.50. The molecule has 110 valence electrons. The van der Waals surface area contributed by atoms with E-state index in [1.807, 2.05) is 20.8 Å². The third-order valence-electron chi connectivity index (χ3n) is 2.81. The van der Waals surface area contributed by atoms with E-state index >= 15 is 0 Å². The topological polar surface area (TPSA) is 61.9 Å². The van der Waals surface area contributed by atoms with Crippen molar-refractivity contribution in [2.24, 2.45) is 0 Å². The van der Waals surface area contributed by atoms with Crippen molar-refractivity contribution in [3.05, 3.63) is 0 Å². The molecule has 0 spiro atoms. The third kappa shape index (κ3) is 5.36. The first kappa shape index (κ1) is 15.6. The summed E-state index contributed by atoms with van der Waals surface area (Å²) in [5.74, 6) is 0. The number of hydrogen-bond acceptors (Lipinski definition) is 3. The van der Waals surface area contributed by atoms with Crippen LogP contribution in [0.15, 0.2) is 0 Å². The first-order chi connectivity index (χ1) is 8.69. The summed E-state index contributed by atoms with van der Waals surface area (Å²) in [6, 6.07) is -0.132. The predicted octanol–water partition coefficient (Wildman–Crippen LogP) is 1.66. The van der Waals surface area contributed by atoms with Crippen LogP contribution in [0, 0.1) is 0 Å². The van der Waals surface area contributed by atoms with E-state index in [0.717, 1.165) is 12.8 Å². The van der Waals surface area contributed by atoms with Crippen molar-refractivity contribution in [2.45, 2.75) is 45.3 Å². The molecule has 1 atom stereocenters. The molecule has 1 N–H and O–H groups in total. The van der Waals surface area contributed by atoms with Crippen molar-refractivity contribution in [1.29, 1.82) is 0 Å². The maximum absolute atomic E-state index is 12.0. The van der Waals surface area contributed by atoms with E-state index in [1.54, 1.807) is 19.0 Å². The summed E-state index contributed by atoms with van der Waals surface area (Å²) in [5.41, 5.74) is -0.489. The lowest BCUT2D eigenvalue weighted by Gasteiger charge is -2.34. The van der Waals surface area contributed by atoms with Gasteiger partial charge in [-0.15, -0.1) is 0 Å². The van der Waals surface area contributed by atoms with Gasteiger partial charge < -0.3 is 19.9 Å². The van der Waals surface area contributed by atoms with E-state index in [4.69, 9.17) is 4.74 Å². The fraction of sp³-hybridized carbons (Fsp3) is 0.846. The second-order valence-corrected chi connectivity index (χ2v) is 6.11. The minimum absolute atomic E-state index is 0.00355. The van der Waals surface area contributed by atoms with Gasteiger partial charge in [-0.25, -0.2) is 9.59 Å². The predicted molar refractivity (Wildman–Crippen MR) is 73.0 cm³/mol. The van der Waals surface area contributed by atoms with Crippen molar-refractivity contribution < 1.29 is 14.3 Å². The Labute approximate surface area is 115 Å². The summed E-state index contributed by atoms with van der Waals surface area (Å²) < 4.78 is 5.34. The number of rotatable bonds is 1. The number of carbonyl (C=O) groups is 2. The first-order valence-corrected chi connectivity index (χ1v) is 6.65. The van der Waals surface area contributed by atoms with Gasteiger partial charge in [0.25, 0.3) is 0 Å². The maximum Gasteiger partial charge on any atom is 0.410 e. The molecule has 6 nitrogen and oxygen atoms in total. The van der Waals surface area contributed by atoms with Crippen molar-refractivity contribution >= 4 is 12.1 Å². The maximum atomic E-state index is 12.0. The van der Waals surface area contributed by atoms with Crippen LogP contribution in [0.1, 0.15) is 33.6 Å². The molecule has 0 bridgehead atoms. The molecule has 1 rings (SSSR count). The van der Waals surface area contributed by atoms with Gasteiger partial charge in [0.1, 0.15) is 5.60 Å². The van der Waals surface area contributed by atoms with Crippen molar-refractivity contribution in [2.75, 3.05) is 27.2 Å². The summed E-state index contributed by atoms with van der Waals surface area (Å²) in [7, 11) is 3.40. The molecule has 0 saturated carbocycles. The number of carbonyl (C=O) groups excluding carboxylic acids is 2. The molecule has 0 aromatic rings. The van der Waals surface area contributed by atoms with Gasteiger partial charge in [-0.2, -0.15) is 0 Å². The van der Waals surface area contributed by atoms with E-state index in [1.165, 1.54) is 4.90 Å². The lowest BCUT2D eigenvalue weighted by Crippen LogP contribution is -2.52. The number of nitrogens with one attached hydrogen (secondary N) is 1. The van der Waals surface area contributed by atoms with Crippen LogP contribution in [0.4, 0.5) is 9.59 Å². The summed E-state index contributed by atoms with van der Waals surface area (Å²) in [4.78, 5) is 26.7. The van der Waals surface area contributed by atoms with E-state index in [9.17, 15) is 9.59 Å². The van der Waals surface area contributed by atoms with Crippen molar-refractivity contribution in [3.63, 3.8) is 0 Å². The molecular weight excluding hydrogens is 246 g/mol. The molecule has 0 aliphatic carbocycles. The second-order valence-electron chi connectivity index (χ2n) is 6.11. The minimum Gasteiger partial charge on any atom is -0.444 e. The summed E-state index contributed by atoms with van der Waals surface area (Å²) in [6.07, 6.45) is 1.45. The Morgan fingerprint density at radius 1 is 1.32 bits per heavy atom. The quantitative estimate of drug-likeness (QED) is 0.789. The van der Waals surface area contributed by atoms with Crippen LogP contribution >= 0.6 is 0 Å². The number of hydrogen-bond donors (Lipinski definition) is 1. The average Bonchev–Trinajstić information content (AvgIpc) is 2.27. The zero-order valence-electron chi connectivity index (χ0n) is 12.5. The fourth-order valence-corrected chi connectivity index (χ4v) is 1.89. The highest BCUT2D eigenvalue weighted by Crippen LogP contribution is 2.15. The van der Waals surface area contributed by atoms with E-state index in [-0.39, 0.29) is 18.2 Å². The van der Waals surface area contributed by atoms with E-state index < -0.39 is 5.60 Å². The smallest absolute Gasteiger partial charge is 0.410 e. The molecule has 1 fully saturated rings. The van der Waals surface area contributed by atoms with Crippen LogP contribution in [-0.2, 0) is 4.74 Å². The van der Waals surface area contributed by atoms with E-state index in [0.29, 0.717) is 13.1 Å². The molecule has 3 amide bonds. The molecule has 6 heteroatoms. The van der Waals surface area contributed by atoms with Crippen molar-refractivity contribution in [1.82, 2.24) is 15.1 Å². The van der Waals surface area contributed by atoms with Gasteiger partial charge in [-0.1, -0.05) is 0 Å². The Bertz CT molecular complexity index is 337.